The van der Waals surface area contributed by atoms with E-state index in [1.54, 1.807) is 6.07 Å². The van der Waals surface area contributed by atoms with Gasteiger partial charge in [-0.25, -0.2) is 19.2 Å². The molecule has 2 heterocycles. The third-order valence-corrected chi connectivity index (χ3v) is 5.82. The molecule has 1 atom stereocenters. The van der Waals surface area contributed by atoms with Crippen LogP contribution in [0.2, 0.25) is 0 Å². The Labute approximate surface area is 164 Å². The molecule has 0 bridgehead atoms. The van der Waals surface area contributed by atoms with Crippen molar-refractivity contribution in [2.75, 3.05) is 32.1 Å². The number of nitrogens with zero attached hydrogens (tertiary/aromatic N) is 4. The fraction of sp³-hybridized carbons (Fsp3) is 0.476. The first kappa shape index (κ1) is 18.7. The lowest BCUT2D eigenvalue weighted by Crippen LogP contribution is -2.51. The molecule has 2 aliphatic rings. The second-order valence-corrected chi connectivity index (χ2v) is 8.03. The van der Waals surface area contributed by atoms with Crippen LogP contribution in [0.5, 0.6) is 0 Å². The van der Waals surface area contributed by atoms with Crippen LogP contribution in [0.15, 0.2) is 30.5 Å². The third-order valence-electron chi connectivity index (χ3n) is 5.82. The van der Waals surface area contributed by atoms with E-state index < -0.39 is 0 Å². The fourth-order valence-corrected chi connectivity index (χ4v) is 4.39. The van der Waals surface area contributed by atoms with Crippen LogP contribution in [0.25, 0.3) is 0 Å². The maximum absolute atomic E-state index is 13.3. The van der Waals surface area contributed by atoms with Crippen LogP contribution in [-0.4, -0.2) is 48.1 Å². The van der Waals surface area contributed by atoms with E-state index in [9.17, 15) is 9.18 Å². The summed E-state index contributed by atoms with van der Waals surface area (Å²) in [5, 5.41) is 2.94. The molecule has 1 fully saturated rings. The number of fused-ring (bicyclic) bond motifs is 2. The predicted molar refractivity (Wildman–Crippen MR) is 106 cm³/mol. The molecule has 0 saturated carbocycles. The van der Waals surface area contributed by atoms with Crippen molar-refractivity contribution in [1.29, 1.82) is 0 Å². The van der Waals surface area contributed by atoms with Gasteiger partial charge in [0, 0.05) is 45.3 Å². The molecule has 1 aliphatic heterocycles. The average molecular weight is 383 g/mol. The zero-order chi connectivity index (χ0) is 19.7. The zero-order valence-electron chi connectivity index (χ0n) is 16.4. The number of piperidine rings is 1. The molecule has 0 radical (unpaired) electrons. The summed E-state index contributed by atoms with van der Waals surface area (Å²) in [7, 11) is 3.88. The molecule has 1 N–H and O–H groups in total. The van der Waals surface area contributed by atoms with Crippen molar-refractivity contribution in [3.8, 4) is 0 Å². The summed E-state index contributed by atoms with van der Waals surface area (Å²) in [6.45, 7) is 1.72. The minimum atomic E-state index is -0.289. The van der Waals surface area contributed by atoms with Crippen LogP contribution >= 0.6 is 0 Å². The van der Waals surface area contributed by atoms with Crippen molar-refractivity contribution in [3.05, 3.63) is 53.1 Å². The van der Waals surface area contributed by atoms with Gasteiger partial charge in [-0.05, 0) is 48.9 Å². The highest BCUT2D eigenvalue weighted by Gasteiger charge is 2.44. The molecule has 4 rings (SSSR count). The number of rotatable bonds is 3. The number of anilines is 1. The maximum atomic E-state index is 13.3. The third kappa shape index (κ3) is 3.53. The normalized spacial score (nSPS) is 20.9. The summed E-state index contributed by atoms with van der Waals surface area (Å²) in [6.07, 6.45) is 5.89. The first-order valence-electron chi connectivity index (χ1n) is 9.78. The predicted octanol–water partition coefficient (Wildman–Crippen LogP) is 2.87. The summed E-state index contributed by atoms with van der Waals surface area (Å²) in [5.74, 6) is 0.426. The van der Waals surface area contributed by atoms with Crippen LogP contribution in [0.4, 0.5) is 15.1 Å². The van der Waals surface area contributed by atoms with Crippen molar-refractivity contribution in [1.82, 2.24) is 20.2 Å². The monoisotopic (exact) mass is 383 g/mol. The van der Waals surface area contributed by atoms with Gasteiger partial charge in [-0.15, -0.1) is 0 Å². The van der Waals surface area contributed by atoms with Gasteiger partial charge in [0.05, 0.1) is 5.69 Å². The number of urea groups is 1. The van der Waals surface area contributed by atoms with Crippen LogP contribution in [0, 0.1) is 5.82 Å². The molecule has 1 aromatic heterocycles. The van der Waals surface area contributed by atoms with E-state index in [1.807, 2.05) is 36.2 Å². The molecule has 1 saturated heterocycles. The molecular weight excluding hydrogens is 357 g/mol. The number of halogens is 1. The van der Waals surface area contributed by atoms with Gasteiger partial charge in [-0.2, -0.15) is 0 Å². The standard InChI is InChI=1S/C21H26FN5O/c1-26(2)19-23-13-16-7-9-21(18(16)25-19)8-4-10-27(14-21)20(28)24-12-15-5-3-6-17(22)11-15/h3,5-6,11,13H,4,7-10,12,14H2,1-2H3,(H,24,28). The number of carbonyl (C=O) groups excluding carboxylic acids is 1. The molecule has 1 spiro atoms. The smallest absolute Gasteiger partial charge is 0.317 e. The largest absolute Gasteiger partial charge is 0.347 e. The van der Waals surface area contributed by atoms with Gasteiger partial charge >= 0.3 is 6.03 Å². The molecule has 7 heteroatoms. The maximum Gasteiger partial charge on any atom is 0.317 e. The first-order chi connectivity index (χ1) is 13.5. The SMILES string of the molecule is CN(C)c1ncc2c(n1)C1(CCCN(C(=O)NCc3cccc(F)c3)C1)CC2. The van der Waals surface area contributed by atoms with Crippen LogP contribution in [0.3, 0.4) is 0 Å². The topological polar surface area (TPSA) is 61.4 Å². The molecule has 1 aromatic carbocycles. The van der Waals surface area contributed by atoms with E-state index in [1.165, 1.54) is 17.7 Å². The summed E-state index contributed by atoms with van der Waals surface area (Å²) in [4.78, 5) is 25.8. The Balaban J connectivity index is 1.48. The lowest BCUT2D eigenvalue weighted by molar-refractivity contribution is 0.147. The molecule has 28 heavy (non-hydrogen) atoms. The Kier molecular flexibility index (Phi) is 4.91. The van der Waals surface area contributed by atoms with Gasteiger partial charge in [0.15, 0.2) is 0 Å². The molecule has 2 amide bonds. The Morgan fingerprint density at radius 1 is 1.36 bits per heavy atom. The molecule has 2 aromatic rings. The number of nitrogens with one attached hydrogen (secondary N) is 1. The van der Waals surface area contributed by atoms with Gasteiger partial charge < -0.3 is 15.1 Å². The molecule has 6 nitrogen and oxygen atoms in total. The van der Waals surface area contributed by atoms with Crippen molar-refractivity contribution in [2.45, 2.75) is 37.6 Å². The van der Waals surface area contributed by atoms with Gasteiger partial charge in [-0.3, -0.25) is 0 Å². The Bertz CT molecular complexity index is 883. The summed E-state index contributed by atoms with van der Waals surface area (Å²) in [6, 6.07) is 6.23. The zero-order valence-corrected chi connectivity index (χ0v) is 16.4. The minimum Gasteiger partial charge on any atom is -0.347 e. The summed E-state index contributed by atoms with van der Waals surface area (Å²) < 4.78 is 13.3. The lowest BCUT2D eigenvalue weighted by atomic mass is 9.77. The highest BCUT2D eigenvalue weighted by Crippen LogP contribution is 2.44. The first-order valence-corrected chi connectivity index (χ1v) is 9.78. The molecule has 148 valence electrons. The van der Waals surface area contributed by atoms with E-state index in [0.717, 1.165) is 43.5 Å². The number of carbonyl (C=O) groups is 1. The number of amides is 2. The number of hydrogen-bond donors (Lipinski definition) is 1. The second-order valence-electron chi connectivity index (χ2n) is 8.03. The van der Waals surface area contributed by atoms with E-state index in [4.69, 9.17) is 4.98 Å². The fourth-order valence-electron chi connectivity index (χ4n) is 4.39. The summed E-state index contributed by atoms with van der Waals surface area (Å²) in [5.41, 5.74) is 2.98. The van der Waals surface area contributed by atoms with Crippen molar-refractivity contribution in [3.63, 3.8) is 0 Å². The quantitative estimate of drug-likeness (QED) is 0.885. The van der Waals surface area contributed by atoms with Crippen LogP contribution in [0.1, 0.15) is 36.1 Å². The van der Waals surface area contributed by atoms with E-state index in [2.05, 4.69) is 10.3 Å². The number of aryl methyl sites for hydroxylation is 1. The molecular formula is C21H26FN5O. The van der Waals surface area contributed by atoms with Gasteiger partial charge in [0.25, 0.3) is 0 Å². The average Bonchev–Trinajstić information content (AvgIpc) is 3.03. The molecule has 1 unspecified atom stereocenters. The van der Waals surface area contributed by atoms with Gasteiger partial charge in [0.1, 0.15) is 5.82 Å². The van der Waals surface area contributed by atoms with E-state index in [-0.39, 0.29) is 17.3 Å². The van der Waals surface area contributed by atoms with Crippen LogP contribution in [-0.2, 0) is 18.4 Å². The van der Waals surface area contributed by atoms with Crippen molar-refractivity contribution in [2.24, 2.45) is 0 Å². The summed E-state index contributed by atoms with van der Waals surface area (Å²) >= 11 is 0. The number of likely N-dealkylation sites (tertiary alicyclic amines) is 1. The van der Waals surface area contributed by atoms with E-state index >= 15 is 0 Å². The van der Waals surface area contributed by atoms with Crippen LogP contribution < -0.4 is 10.2 Å². The lowest BCUT2D eigenvalue weighted by Gasteiger charge is -2.40. The van der Waals surface area contributed by atoms with Gasteiger partial charge in [-0.1, -0.05) is 12.1 Å². The van der Waals surface area contributed by atoms with Gasteiger partial charge in [0.2, 0.25) is 5.95 Å². The Morgan fingerprint density at radius 2 is 2.21 bits per heavy atom. The van der Waals surface area contributed by atoms with Crippen molar-refractivity contribution < 1.29 is 9.18 Å². The molecule has 1 aliphatic carbocycles. The van der Waals surface area contributed by atoms with Crippen molar-refractivity contribution >= 4 is 12.0 Å². The highest BCUT2D eigenvalue weighted by molar-refractivity contribution is 5.74. The number of benzene rings is 1. The highest BCUT2D eigenvalue weighted by atomic mass is 19.1. The Morgan fingerprint density at radius 3 is 3.00 bits per heavy atom. The number of aromatic nitrogens is 2. The second kappa shape index (κ2) is 7.37. The van der Waals surface area contributed by atoms with E-state index in [0.29, 0.717) is 19.0 Å². The Hall–Kier alpha value is -2.70. The number of hydrogen-bond acceptors (Lipinski definition) is 4. The minimum absolute atomic E-state index is 0.0858.